The van der Waals surface area contributed by atoms with Gasteiger partial charge in [-0.25, -0.2) is 0 Å². The van der Waals surface area contributed by atoms with Crippen LogP contribution >= 0.6 is 0 Å². The molecule has 2 aromatic carbocycles. The number of amides is 3. The lowest BCUT2D eigenvalue weighted by Gasteiger charge is -2.18. The largest absolute Gasteiger partial charge is 0.490 e. The van der Waals surface area contributed by atoms with Crippen molar-refractivity contribution in [3.63, 3.8) is 0 Å². The normalized spacial score (nSPS) is 15.3. The van der Waals surface area contributed by atoms with E-state index in [-0.39, 0.29) is 24.1 Å². The molecule has 176 valence electrons. The number of benzene rings is 2. The first-order valence-electron chi connectivity index (χ1n) is 11.3. The molecule has 0 spiro atoms. The summed E-state index contributed by atoms with van der Waals surface area (Å²) >= 11 is 0. The molecule has 8 heteroatoms. The third-order valence-electron chi connectivity index (χ3n) is 5.29. The molecule has 1 fully saturated rings. The number of nitrogens with zero attached hydrogens (tertiary/aromatic N) is 1. The van der Waals surface area contributed by atoms with E-state index in [1.54, 1.807) is 29.2 Å². The Morgan fingerprint density at radius 2 is 1.82 bits per heavy atom. The van der Waals surface area contributed by atoms with Gasteiger partial charge in [0.05, 0.1) is 19.1 Å². The van der Waals surface area contributed by atoms with Crippen LogP contribution in [0.1, 0.15) is 32.8 Å². The molecule has 0 saturated carbocycles. The summed E-state index contributed by atoms with van der Waals surface area (Å²) in [4.78, 5) is 38.1. The van der Waals surface area contributed by atoms with E-state index in [4.69, 9.17) is 9.47 Å². The molecule has 0 aliphatic carbocycles. The highest BCUT2D eigenvalue weighted by Gasteiger charge is 2.35. The molecule has 8 nitrogen and oxygen atoms in total. The Morgan fingerprint density at radius 3 is 2.55 bits per heavy atom. The van der Waals surface area contributed by atoms with Crippen molar-refractivity contribution in [2.45, 2.75) is 33.6 Å². The second kappa shape index (κ2) is 11.4. The summed E-state index contributed by atoms with van der Waals surface area (Å²) in [5.41, 5.74) is 2.31. The Balaban J connectivity index is 1.55. The van der Waals surface area contributed by atoms with E-state index in [1.807, 2.05) is 32.0 Å². The van der Waals surface area contributed by atoms with Gasteiger partial charge >= 0.3 is 0 Å². The first-order valence-corrected chi connectivity index (χ1v) is 11.3. The second-order valence-electron chi connectivity index (χ2n) is 7.83. The van der Waals surface area contributed by atoms with Gasteiger partial charge in [0.1, 0.15) is 0 Å². The molecule has 1 heterocycles. The summed E-state index contributed by atoms with van der Waals surface area (Å²) in [5, 5.41) is 5.66. The van der Waals surface area contributed by atoms with Crippen molar-refractivity contribution in [1.29, 1.82) is 0 Å². The topological polar surface area (TPSA) is 97.0 Å². The van der Waals surface area contributed by atoms with Crippen molar-refractivity contribution in [1.82, 2.24) is 5.32 Å². The predicted molar refractivity (Wildman–Crippen MR) is 127 cm³/mol. The summed E-state index contributed by atoms with van der Waals surface area (Å²) in [6.45, 7) is 7.15. The summed E-state index contributed by atoms with van der Waals surface area (Å²) in [7, 11) is 0. The van der Waals surface area contributed by atoms with Crippen LogP contribution in [0, 0.1) is 5.92 Å². The van der Waals surface area contributed by atoms with E-state index in [1.165, 1.54) is 6.92 Å². The average molecular weight is 454 g/mol. The predicted octanol–water partition coefficient (Wildman–Crippen LogP) is 3.15. The van der Waals surface area contributed by atoms with Crippen LogP contribution in [0.5, 0.6) is 11.5 Å². The molecule has 1 atom stereocenters. The molecular formula is C25H31N3O5. The highest BCUT2D eigenvalue weighted by atomic mass is 16.5. The van der Waals surface area contributed by atoms with Gasteiger partial charge in [0, 0.05) is 37.8 Å². The smallest absolute Gasteiger partial charge is 0.227 e. The number of anilines is 2. The fourth-order valence-electron chi connectivity index (χ4n) is 3.81. The molecule has 0 radical (unpaired) electrons. The highest BCUT2D eigenvalue weighted by Crippen LogP contribution is 2.29. The van der Waals surface area contributed by atoms with Gasteiger partial charge in [-0.15, -0.1) is 0 Å². The van der Waals surface area contributed by atoms with Crippen LogP contribution in [-0.4, -0.2) is 44.0 Å². The van der Waals surface area contributed by atoms with Gasteiger partial charge < -0.3 is 25.0 Å². The van der Waals surface area contributed by atoms with Crippen molar-refractivity contribution >= 4 is 29.1 Å². The van der Waals surface area contributed by atoms with Gasteiger partial charge in [0.15, 0.2) is 11.5 Å². The van der Waals surface area contributed by atoms with Crippen molar-refractivity contribution in [3.05, 3.63) is 48.0 Å². The number of carbonyl (C=O) groups excluding carboxylic acids is 3. The summed E-state index contributed by atoms with van der Waals surface area (Å²) in [5.74, 6) is 0.558. The molecule has 2 aromatic rings. The lowest BCUT2D eigenvalue weighted by Crippen LogP contribution is -2.34. The third kappa shape index (κ3) is 6.47. The van der Waals surface area contributed by atoms with Gasteiger partial charge in [-0.2, -0.15) is 0 Å². The molecule has 1 unspecified atom stereocenters. The number of hydrogen-bond acceptors (Lipinski definition) is 5. The fourth-order valence-corrected chi connectivity index (χ4v) is 3.81. The second-order valence-corrected chi connectivity index (χ2v) is 7.83. The minimum atomic E-state index is -0.416. The van der Waals surface area contributed by atoms with Gasteiger partial charge in [-0.1, -0.05) is 12.1 Å². The first-order chi connectivity index (χ1) is 15.9. The zero-order chi connectivity index (χ0) is 23.8. The number of ether oxygens (including phenoxy) is 2. The maximum atomic E-state index is 12.7. The number of rotatable bonds is 10. The quantitative estimate of drug-likeness (QED) is 0.576. The minimum absolute atomic E-state index is 0.108. The summed E-state index contributed by atoms with van der Waals surface area (Å²) < 4.78 is 11.2. The highest BCUT2D eigenvalue weighted by molar-refractivity contribution is 6.01. The lowest BCUT2D eigenvalue weighted by atomic mass is 10.1. The molecule has 3 amide bonds. The minimum Gasteiger partial charge on any atom is -0.490 e. The van der Waals surface area contributed by atoms with Crippen molar-refractivity contribution in [3.8, 4) is 11.5 Å². The fraction of sp³-hybridized carbons (Fsp3) is 0.400. The maximum absolute atomic E-state index is 12.7. The summed E-state index contributed by atoms with van der Waals surface area (Å²) in [6, 6.07) is 12.8. The van der Waals surface area contributed by atoms with Gasteiger partial charge in [0.25, 0.3) is 0 Å². The van der Waals surface area contributed by atoms with E-state index in [9.17, 15) is 14.4 Å². The van der Waals surface area contributed by atoms with Crippen molar-refractivity contribution in [2.24, 2.45) is 5.92 Å². The summed E-state index contributed by atoms with van der Waals surface area (Å²) in [6.07, 6.45) is 0.801. The Kier molecular flexibility index (Phi) is 8.29. The number of hydrogen-bond donors (Lipinski definition) is 2. The maximum Gasteiger partial charge on any atom is 0.227 e. The Morgan fingerprint density at radius 1 is 1.06 bits per heavy atom. The lowest BCUT2D eigenvalue weighted by molar-refractivity contribution is -0.126. The molecule has 3 rings (SSSR count). The molecule has 0 bridgehead atoms. The zero-order valence-electron chi connectivity index (χ0n) is 19.3. The third-order valence-corrected chi connectivity index (χ3v) is 5.29. The van der Waals surface area contributed by atoms with E-state index in [2.05, 4.69) is 10.6 Å². The monoisotopic (exact) mass is 453 g/mol. The molecule has 0 aromatic heterocycles. The average Bonchev–Trinajstić information content (AvgIpc) is 3.17. The SMILES string of the molecule is CCOc1ccc(CCNC(=O)C2CC(=O)N(c3cccc(NC(C)=O)c3)C2)cc1OCC. The van der Waals surface area contributed by atoms with E-state index >= 15 is 0 Å². The zero-order valence-corrected chi connectivity index (χ0v) is 19.3. The molecule has 1 aliphatic rings. The van der Waals surface area contributed by atoms with E-state index in [0.717, 1.165) is 5.56 Å². The standard InChI is InChI=1S/C25H31N3O5/c1-4-32-22-10-9-18(13-23(22)33-5-2)11-12-26-25(31)19-14-24(30)28(16-19)21-8-6-7-20(15-21)27-17(3)29/h6-10,13,15,19H,4-5,11-12,14,16H2,1-3H3,(H,26,31)(H,27,29). The van der Waals surface area contributed by atoms with Crippen LogP contribution in [0.3, 0.4) is 0 Å². The molecule has 1 saturated heterocycles. The van der Waals surface area contributed by atoms with E-state index < -0.39 is 5.92 Å². The molecule has 1 aliphatic heterocycles. The van der Waals surface area contributed by atoms with Crippen LogP contribution < -0.4 is 25.0 Å². The van der Waals surface area contributed by atoms with Gasteiger partial charge in [-0.05, 0) is 56.2 Å². The Hall–Kier alpha value is -3.55. The van der Waals surface area contributed by atoms with Gasteiger partial charge in [-0.3, -0.25) is 14.4 Å². The number of nitrogens with one attached hydrogen (secondary N) is 2. The van der Waals surface area contributed by atoms with Crippen molar-refractivity contribution in [2.75, 3.05) is 36.5 Å². The molecule has 33 heavy (non-hydrogen) atoms. The van der Waals surface area contributed by atoms with Crippen LogP contribution in [-0.2, 0) is 20.8 Å². The van der Waals surface area contributed by atoms with Crippen LogP contribution in [0.4, 0.5) is 11.4 Å². The van der Waals surface area contributed by atoms with Crippen LogP contribution in [0.2, 0.25) is 0 Å². The molecular weight excluding hydrogens is 422 g/mol. The number of carbonyl (C=O) groups is 3. The molecule has 2 N–H and O–H groups in total. The van der Waals surface area contributed by atoms with Gasteiger partial charge in [0.2, 0.25) is 17.7 Å². The Bertz CT molecular complexity index is 1010. The Labute approximate surface area is 194 Å². The van der Waals surface area contributed by atoms with Crippen LogP contribution in [0.25, 0.3) is 0 Å². The van der Waals surface area contributed by atoms with E-state index in [0.29, 0.717) is 55.6 Å². The van der Waals surface area contributed by atoms with Crippen molar-refractivity contribution < 1.29 is 23.9 Å². The van der Waals surface area contributed by atoms with Crippen LogP contribution in [0.15, 0.2) is 42.5 Å². The first kappa shape index (κ1) is 24.1.